The van der Waals surface area contributed by atoms with Crippen LogP contribution in [0.15, 0.2) is 59.6 Å². The lowest BCUT2D eigenvalue weighted by atomic mass is 10.1. The molecule has 182 valence electrons. The lowest BCUT2D eigenvalue weighted by Crippen LogP contribution is -2.41. The Morgan fingerprint density at radius 3 is 2.57 bits per heavy atom. The highest BCUT2D eigenvalue weighted by Crippen LogP contribution is 2.27. The van der Waals surface area contributed by atoms with E-state index >= 15 is 0 Å². The molecule has 0 aliphatic carbocycles. The largest absolute Gasteiger partial charge is 0.378 e. The second-order valence-electron chi connectivity index (χ2n) is 7.57. The fourth-order valence-corrected chi connectivity index (χ4v) is 4.32. The predicted molar refractivity (Wildman–Crippen MR) is 138 cm³/mol. The van der Waals surface area contributed by atoms with E-state index in [2.05, 4.69) is 25.9 Å². The predicted octanol–water partition coefficient (Wildman–Crippen LogP) is 3.93. The second-order valence-corrected chi connectivity index (χ2v) is 9.03. The van der Waals surface area contributed by atoms with Crippen LogP contribution >= 0.6 is 23.4 Å². The number of hydrogen-bond donors (Lipinski definition) is 3. The molecule has 2 amide bonds. The van der Waals surface area contributed by atoms with Gasteiger partial charge in [-0.3, -0.25) is 9.59 Å². The first-order valence-electron chi connectivity index (χ1n) is 11.0. The lowest BCUT2D eigenvalue weighted by molar-refractivity contribution is -0.132. The number of benzene rings is 2. The average molecular weight is 513 g/mol. The third kappa shape index (κ3) is 6.62. The molecule has 1 saturated heterocycles. The highest BCUT2D eigenvalue weighted by molar-refractivity contribution is 8.00. The molecule has 0 saturated carbocycles. The number of rotatable bonds is 8. The van der Waals surface area contributed by atoms with Crippen molar-refractivity contribution in [3.05, 3.63) is 65.3 Å². The Hall–Kier alpha value is -3.34. The van der Waals surface area contributed by atoms with E-state index < -0.39 is 0 Å². The molecule has 1 fully saturated rings. The van der Waals surface area contributed by atoms with Crippen LogP contribution in [-0.2, 0) is 9.53 Å². The Balaban J connectivity index is 1.39. The van der Waals surface area contributed by atoms with E-state index in [1.807, 2.05) is 35.2 Å². The molecule has 0 radical (unpaired) electrons. The van der Waals surface area contributed by atoms with Gasteiger partial charge in [-0.1, -0.05) is 23.7 Å². The Morgan fingerprint density at radius 1 is 1.09 bits per heavy atom. The van der Waals surface area contributed by atoms with Gasteiger partial charge in [0.1, 0.15) is 5.02 Å². The quantitative estimate of drug-likeness (QED) is 0.390. The van der Waals surface area contributed by atoms with Crippen molar-refractivity contribution in [3.8, 4) is 0 Å². The van der Waals surface area contributed by atoms with Crippen molar-refractivity contribution < 1.29 is 14.3 Å². The maximum atomic E-state index is 12.3. The average Bonchev–Trinajstić information content (AvgIpc) is 2.90. The van der Waals surface area contributed by atoms with Crippen LogP contribution in [0.5, 0.6) is 0 Å². The maximum absolute atomic E-state index is 12.3. The Bertz CT molecular complexity index is 1190. The van der Waals surface area contributed by atoms with Crippen LogP contribution in [0, 0.1) is 0 Å². The first-order valence-corrected chi connectivity index (χ1v) is 12.4. The van der Waals surface area contributed by atoms with E-state index in [4.69, 9.17) is 16.3 Å². The van der Waals surface area contributed by atoms with Crippen molar-refractivity contribution in [1.29, 1.82) is 0 Å². The number of aromatic nitrogens is 2. The van der Waals surface area contributed by atoms with Crippen LogP contribution in [0.3, 0.4) is 0 Å². The molecule has 9 nitrogen and oxygen atoms in total. The highest BCUT2D eigenvalue weighted by atomic mass is 35.5. The zero-order chi connectivity index (χ0) is 24.6. The van der Waals surface area contributed by atoms with Gasteiger partial charge >= 0.3 is 0 Å². The van der Waals surface area contributed by atoms with Crippen molar-refractivity contribution in [3.63, 3.8) is 0 Å². The Labute approximate surface area is 212 Å². The standard InChI is InChI=1S/C24H25ClN6O3S/c1-26-23(33)18-4-2-3-5-20(18)29-22-19(25)14-27-24(30-22)28-16-6-8-17(9-7-16)35-15-21(32)31-10-12-34-13-11-31/h2-9,14H,10-13,15H2,1H3,(H,26,33)(H2,27,28,29,30). The molecule has 35 heavy (non-hydrogen) atoms. The fraction of sp³-hybridized carbons (Fsp3) is 0.250. The summed E-state index contributed by atoms with van der Waals surface area (Å²) >= 11 is 7.79. The number of anilines is 4. The number of carbonyl (C=O) groups is 2. The minimum absolute atomic E-state index is 0.119. The van der Waals surface area contributed by atoms with Crippen molar-refractivity contribution in [1.82, 2.24) is 20.2 Å². The minimum atomic E-state index is -0.221. The third-order valence-corrected chi connectivity index (χ3v) is 6.51. The number of thioether (sulfide) groups is 1. The highest BCUT2D eigenvalue weighted by Gasteiger charge is 2.17. The summed E-state index contributed by atoms with van der Waals surface area (Å²) in [5.74, 6) is 1.00. The monoisotopic (exact) mass is 512 g/mol. The normalized spacial score (nSPS) is 13.3. The van der Waals surface area contributed by atoms with Crippen molar-refractivity contribution in [2.24, 2.45) is 0 Å². The van der Waals surface area contributed by atoms with E-state index in [1.54, 1.807) is 25.2 Å². The molecule has 3 aromatic rings. The summed E-state index contributed by atoms with van der Waals surface area (Å²) < 4.78 is 5.29. The number of nitrogens with one attached hydrogen (secondary N) is 3. The summed E-state index contributed by atoms with van der Waals surface area (Å²) in [6.07, 6.45) is 1.49. The van der Waals surface area contributed by atoms with Gasteiger partial charge in [0.2, 0.25) is 11.9 Å². The van der Waals surface area contributed by atoms with Crippen molar-refractivity contribution >= 4 is 58.3 Å². The minimum Gasteiger partial charge on any atom is -0.378 e. The molecule has 2 aromatic carbocycles. The van der Waals surface area contributed by atoms with Crippen LogP contribution < -0.4 is 16.0 Å². The SMILES string of the molecule is CNC(=O)c1ccccc1Nc1nc(Nc2ccc(SCC(=O)N3CCOCC3)cc2)ncc1Cl. The molecule has 0 bridgehead atoms. The van der Waals surface area contributed by atoms with Crippen LogP contribution in [0.1, 0.15) is 10.4 Å². The number of para-hydroxylation sites is 1. The molecule has 1 aliphatic heterocycles. The van der Waals surface area contributed by atoms with Gasteiger partial charge in [0, 0.05) is 30.7 Å². The topological polar surface area (TPSA) is 108 Å². The molecular weight excluding hydrogens is 488 g/mol. The molecule has 0 spiro atoms. The molecule has 1 aromatic heterocycles. The number of ether oxygens (including phenoxy) is 1. The first-order chi connectivity index (χ1) is 17.0. The maximum Gasteiger partial charge on any atom is 0.253 e. The van der Waals surface area contributed by atoms with Gasteiger partial charge in [0.25, 0.3) is 5.91 Å². The lowest BCUT2D eigenvalue weighted by Gasteiger charge is -2.26. The van der Waals surface area contributed by atoms with Gasteiger partial charge in [-0.05, 0) is 36.4 Å². The summed E-state index contributed by atoms with van der Waals surface area (Å²) in [7, 11) is 1.57. The molecule has 0 atom stereocenters. The van der Waals surface area contributed by atoms with Gasteiger partial charge in [-0.25, -0.2) is 4.98 Å². The number of carbonyl (C=O) groups excluding carboxylic acids is 2. The van der Waals surface area contributed by atoms with E-state index in [-0.39, 0.29) is 11.8 Å². The van der Waals surface area contributed by atoms with Gasteiger partial charge in [-0.15, -0.1) is 11.8 Å². The first kappa shape index (κ1) is 24.8. The number of hydrogen-bond acceptors (Lipinski definition) is 8. The van der Waals surface area contributed by atoms with Gasteiger partial charge in [-0.2, -0.15) is 4.98 Å². The Morgan fingerprint density at radius 2 is 1.83 bits per heavy atom. The molecule has 3 N–H and O–H groups in total. The molecule has 11 heteroatoms. The van der Waals surface area contributed by atoms with Gasteiger partial charge in [0.05, 0.1) is 36.4 Å². The number of amides is 2. The molecule has 0 unspecified atom stereocenters. The smallest absolute Gasteiger partial charge is 0.253 e. The van der Waals surface area contributed by atoms with Crippen LogP contribution in [0.4, 0.5) is 23.1 Å². The molecular formula is C24H25ClN6O3S. The van der Waals surface area contributed by atoms with Crippen LogP contribution in [0.25, 0.3) is 0 Å². The van der Waals surface area contributed by atoms with Crippen molar-refractivity contribution in [2.75, 3.05) is 49.7 Å². The van der Waals surface area contributed by atoms with E-state index in [1.165, 1.54) is 18.0 Å². The summed E-state index contributed by atoms with van der Waals surface area (Å²) in [4.78, 5) is 36.0. The zero-order valence-electron chi connectivity index (χ0n) is 19.1. The van der Waals surface area contributed by atoms with Gasteiger partial charge in [0.15, 0.2) is 5.82 Å². The summed E-state index contributed by atoms with van der Waals surface area (Å²) in [6, 6.07) is 14.8. The molecule has 1 aliphatic rings. The van der Waals surface area contributed by atoms with Crippen LogP contribution in [0.2, 0.25) is 5.02 Å². The van der Waals surface area contributed by atoms with Gasteiger partial charge < -0.3 is 25.6 Å². The number of morpholine rings is 1. The summed E-state index contributed by atoms with van der Waals surface area (Å²) in [6.45, 7) is 2.50. The molecule has 4 rings (SSSR count). The summed E-state index contributed by atoms with van der Waals surface area (Å²) in [5.41, 5.74) is 1.83. The fourth-order valence-electron chi connectivity index (χ4n) is 3.38. The third-order valence-electron chi connectivity index (χ3n) is 5.23. The van der Waals surface area contributed by atoms with Crippen LogP contribution in [-0.4, -0.2) is 65.8 Å². The zero-order valence-corrected chi connectivity index (χ0v) is 20.7. The van der Waals surface area contributed by atoms with Crippen molar-refractivity contribution in [2.45, 2.75) is 4.90 Å². The Kier molecular flexibility index (Phi) is 8.40. The van der Waals surface area contributed by atoms with E-state index in [9.17, 15) is 9.59 Å². The molecule has 2 heterocycles. The van der Waals surface area contributed by atoms with E-state index in [0.717, 1.165) is 10.6 Å². The number of nitrogens with zero attached hydrogens (tertiary/aromatic N) is 3. The summed E-state index contributed by atoms with van der Waals surface area (Å²) in [5, 5.41) is 9.20. The number of halogens is 1. The van der Waals surface area contributed by atoms with E-state index in [0.29, 0.717) is 60.1 Å². The second kappa shape index (κ2) is 11.9.